The van der Waals surface area contributed by atoms with E-state index in [2.05, 4.69) is 5.32 Å². The fraction of sp³-hybridized carbons (Fsp3) is 0.444. The summed E-state index contributed by atoms with van der Waals surface area (Å²) < 4.78 is 24.3. The van der Waals surface area contributed by atoms with Crippen LogP contribution in [0.3, 0.4) is 0 Å². The molecule has 1 N–H and O–H groups in total. The molecule has 0 radical (unpaired) electrons. The van der Waals surface area contributed by atoms with Gasteiger partial charge >= 0.3 is 6.03 Å². The van der Waals surface area contributed by atoms with Crippen LogP contribution in [0.5, 0.6) is 0 Å². The molecule has 0 aliphatic rings. The van der Waals surface area contributed by atoms with E-state index in [1.807, 2.05) is 0 Å². The van der Waals surface area contributed by atoms with Crippen molar-refractivity contribution in [2.75, 3.05) is 13.6 Å². The van der Waals surface area contributed by atoms with Gasteiger partial charge in [0.05, 0.1) is 17.4 Å². The molecule has 7 heteroatoms. The largest absolute Gasteiger partial charge is 0.332 e. The van der Waals surface area contributed by atoms with Crippen molar-refractivity contribution < 1.29 is 13.6 Å². The summed E-state index contributed by atoms with van der Waals surface area (Å²) >= 11 is 7.08. The molecule has 0 aliphatic carbocycles. The summed E-state index contributed by atoms with van der Waals surface area (Å²) in [4.78, 5) is 13.5. The molecule has 0 atom stereocenters. The molecule has 0 fully saturated rings. The normalized spacial score (nSPS) is 10.6. The van der Waals surface area contributed by atoms with Crippen LogP contribution >= 0.6 is 22.9 Å². The average Bonchev–Trinajstić information content (AvgIpc) is 2.60. The molecule has 0 aromatic carbocycles. The van der Waals surface area contributed by atoms with E-state index in [1.165, 1.54) is 23.3 Å². The second-order valence-electron chi connectivity index (χ2n) is 3.14. The number of nitrogens with one attached hydrogen (secondary N) is 1. The average molecular weight is 269 g/mol. The van der Waals surface area contributed by atoms with E-state index < -0.39 is 19.0 Å². The first-order valence-electron chi connectivity index (χ1n) is 4.50. The van der Waals surface area contributed by atoms with Gasteiger partial charge in [-0.2, -0.15) is 0 Å². The predicted octanol–water partition coefficient (Wildman–Crippen LogP) is 2.81. The first-order chi connectivity index (χ1) is 7.49. The van der Waals surface area contributed by atoms with Gasteiger partial charge in [0.25, 0.3) is 6.43 Å². The van der Waals surface area contributed by atoms with Gasteiger partial charge in [0.15, 0.2) is 0 Å². The zero-order valence-corrected chi connectivity index (χ0v) is 10.1. The van der Waals surface area contributed by atoms with Crippen molar-refractivity contribution in [2.24, 2.45) is 0 Å². The number of halogens is 3. The van der Waals surface area contributed by atoms with Crippen LogP contribution in [0.1, 0.15) is 4.88 Å². The summed E-state index contributed by atoms with van der Waals surface area (Å²) in [7, 11) is 1.54. The first-order valence-corrected chi connectivity index (χ1v) is 5.70. The molecule has 1 aromatic heterocycles. The lowest BCUT2D eigenvalue weighted by molar-refractivity contribution is 0.141. The number of nitrogens with zero attached hydrogens (tertiary/aromatic N) is 1. The highest BCUT2D eigenvalue weighted by Crippen LogP contribution is 2.22. The maximum absolute atomic E-state index is 11.8. The van der Waals surface area contributed by atoms with E-state index in [1.54, 1.807) is 12.1 Å². The summed E-state index contributed by atoms with van der Waals surface area (Å²) in [5.74, 6) is 0. The van der Waals surface area contributed by atoms with Crippen molar-refractivity contribution in [3.05, 3.63) is 21.3 Å². The predicted molar refractivity (Wildman–Crippen MR) is 60.2 cm³/mol. The lowest BCUT2D eigenvalue weighted by atomic mass is 10.4. The van der Waals surface area contributed by atoms with E-state index in [0.29, 0.717) is 10.9 Å². The Labute approximate surface area is 101 Å². The second-order valence-corrected chi connectivity index (χ2v) is 4.94. The van der Waals surface area contributed by atoms with Crippen LogP contribution in [0.15, 0.2) is 12.1 Å². The molecule has 0 spiro atoms. The molecule has 1 rings (SSSR count). The highest BCUT2D eigenvalue weighted by Gasteiger charge is 2.11. The van der Waals surface area contributed by atoms with Crippen molar-refractivity contribution in [1.29, 1.82) is 0 Å². The Hall–Kier alpha value is -0.880. The van der Waals surface area contributed by atoms with Gasteiger partial charge in [0.1, 0.15) is 0 Å². The van der Waals surface area contributed by atoms with Crippen LogP contribution in [0, 0.1) is 0 Å². The van der Waals surface area contributed by atoms with Gasteiger partial charge in [-0.05, 0) is 12.1 Å². The van der Waals surface area contributed by atoms with Gasteiger partial charge < -0.3 is 10.2 Å². The molecule has 90 valence electrons. The maximum Gasteiger partial charge on any atom is 0.317 e. The van der Waals surface area contributed by atoms with Gasteiger partial charge in [0.2, 0.25) is 0 Å². The fourth-order valence-corrected chi connectivity index (χ4v) is 2.18. The number of hydrogen-bond acceptors (Lipinski definition) is 2. The minimum absolute atomic E-state index is 0.354. The van der Waals surface area contributed by atoms with Crippen molar-refractivity contribution in [3.63, 3.8) is 0 Å². The minimum Gasteiger partial charge on any atom is -0.332 e. The Morgan fingerprint density at radius 2 is 2.31 bits per heavy atom. The summed E-state index contributed by atoms with van der Waals surface area (Å²) in [6, 6.07) is 3.00. The molecule has 0 saturated heterocycles. The van der Waals surface area contributed by atoms with E-state index in [-0.39, 0.29) is 0 Å². The number of alkyl halides is 2. The summed E-state index contributed by atoms with van der Waals surface area (Å²) in [5.41, 5.74) is 0. The standard InChI is InChI=1S/C9H11ClF2N2OS/c1-14(9(15)13-4-8(11)12)5-6-2-3-7(10)16-6/h2-3,8H,4-5H2,1H3,(H,13,15). The number of rotatable bonds is 4. The monoisotopic (exact) mass is 268 g/mol. The van der Waals surface area contributed by atoms with E-state index in [4.69, 9.17) is 11.6 Å². The third kappa shape index (κ3) is 4.32. The second kappa shape index (κ2) is 6.00. The summed E-state index contributed by atoms with van der Waals surface area (Å²) in [6.45, 7) is -0.277. The van der Waals surface area contributed by atoms with Gasteiger partial charge in [-0.1, -0.05) is 11.6 Å². The van der Waals surface area contributed by atoms with Crippen molar-refractivity contribution >= 4 is 29.0 Å². The van der Waals surface area contributed by atoms with Crippen LogP contribution < -0.4 is 5.32 Å². The Kier molecular flexibility index (Phi) is 4.95. The lowest BCUT2D eigenvalue weighted by Crippen LogP contribution is -2.38. The number of carbonyl (C=O) groups excluding carboxylic acids is 1. The zero-order chi connectivity index (χ0) is 12.1. The number of carbonyl (C=O) groups is 1. The first kappa shape index (κ1) is 13.2. The summed E-state index contributed by atoms with van der Waals surface area (Å²) in [5, 5.41) is 2.12. The van der Waals surface area contributed by atoms with Crippen LogP contribution in [0.2, 0.25) is 4.34 Å². The number of hydrogen-bond donors (Lipinski definition) is 1. The topological polar surface area (TPSA) is 32.3 Å². The van der Waals surface area contributed by atoms with E-state index >= 15 is 0 Å². The van der Waals surface area contributed by atoms with Crippen LogP contribution in [0.4, 0.5) is 13.6 Å². The molecule has 1 aromatic rings. The van der Waals surface area contributed by atoms with Crippen LogP contribution in [0.25, 0.3) is 0 Å². The molecule has 3 nitrogen and oxygen atoms in total. The SMILES string of the molecule is CN(Cc1ccc(Cl)s1)C(=O)NCC(F)F. The van der Waals surface area contributed by atoms with E-state index in [9.17, 15) is 13.6 Å². The molecule has 0 aliphatic heterocycles. The zero-order valence-electron chi connectivity index (χ0n) is 8.54. The highest BCUT2D eigenvalue weighted by atomic mass is 35.5. The molecule has 0 unspecified atom stereocenters. The number of thiophene rings is 1. The Balaban J connectivity index is 2.39. The van der Waals surface area contributed by atoms with Crippen molar-refractivity contribution in [3.8, 4) is 0 Å². The van der Waals surface area contributed by atoms with Crippen molar-refractivity contribution in [1.82, 2.24) is 10.2 Å². The lowest BCUT2D eigenvalue weighted by Gasteiger charge is -2.16. The summed E-state index contributed by atoms with van der Waals surface area (Å²) in [6.07, 6.45) is -2.53. The molecule has 16 heavy (non-hydrogen) atoms. The Bertz CT molecular complexity index is 359. The highest BCUT2D eigenvalue weighted by molar-refractivity contribution is 7.16. The molecule has 1 heterocycles. The third-order valence-electron chi connectivity index (χ3n) is 1.78. The fourth-order valence-electron chi connectivity index (χ4n) is 1.04. The number of amides is 2. The van der Waals surface area contributed by atoms with E-state index in [0.717, 1.165) is 4.88 Å². The molecule has 0 bridgehead atoms. The number of urea groups is 1. The quantitative estimate of drug-likeness (QED) is 0.895. The maximum atomic E-state index is 11.8. The molecular weight excluding hydrogens is 258 g/mol. The Morgan fingerprint density at radius 1 is 1.62 bits per heavy atom. The van der Waals surface area contributed by atoms with Gasteiger partial charge in [-0.3, -0.25) is 0 Å². The van der Waals surface area contributed by atoms with Crippen LogP contribution in [-0.4, -0.2) is 30.9 Å². The third-order valence-corrected chi connectivity index (χ3v) is 2.99. The van der Waals surface area contributed by atoms with Crippen molar-refractivity contribution in [2.45, 2.75) is 13.0 Å². The Morgan fingerprint density at radius 3 is 2.81 bits per heavy atom. The van der Waals surface area contributed by atoms with Crippen LogP contribution in [-0.2, 0) is 6.54 Å². The smallest absolute Gasteiger partial charge is 0.317 e. The minimum atomic E-state index is -2.53. The molecule has 0 saturated carbocycles. The van der Waals surface area contributed by atoms with Gasteiger partial charge in [-0.15, -0.1) is 11.3 Å². The molecule has 2 amide bonds. The molecular formula is C9H11ClF2N2OS. The van der Waals surface area contributed by atoms with Gasteiger partial charge in [-0.25, -0.2) is 13.6 Å². The van der Waals surface area contributed by atoms with Gasteiger partial charge in [0, 0.05) is 11.9 Å².